The first-order valence-electron chi connectivity index (χ1n) is 5.35. The number of carbonyl (C=O) groups excluding carboxylic acids is 1. The van der Waals surface area contributed by atoms with E-state index in [0.29, 0.717) is 24.0 Å². The van der Waals surface area contributed by atoms with Gasteiger partial charge >= 0.3 is 0 Å². The number of hydrogen-bond donors (Lipinski definition) is 0. The quantitative estimate of drug-likeness (QED) is 0.818. The molecule has 1 saturated carbocycles. The Morgan fingerprint density at radius 1 is 1.53 bits per heavy atom. The Bertz CT molecular complexity index is 398. The fraction of sp³-hybridized carbons (Fsp3) is 0.462. The normalized spacial score (nSPS) is 23.9. The lowest BCUT2D eigenvalue weighted by atomic mass is 10.0. The summed E-state index contributed by atoms with van der Waals surface area (Å²) >= 11 is 3.44. The molecule has 1 fully saturated rings. The molecule has 1 aromatic carbocycles. The summed E-state index contributed by atoms with van der Waals surface area (Å²) in [7, 11) is 0. The van der Waals surface area contributed by atoms with Gasteiger partial charge in [0.2, 0.25) is 0 Å². The van der Waals surface area contributed by atoms with Crippen LogP contribution in [0.15, 0.2) is 22.7 Å². The summed E-state index contributed by atoms with van der Waals surface area (Å²) < 4.78 is 1.06. The molecular formula is C13H15BrO. The summed E-state index contributed by atoms with van der Waals surface area (Å²) in [6.07, 6.45) is 1.69. The summed E-state index contributed by atoms with van der Waals surface area (Å²) in [5, 5.41) is 0. The van der Waals surface area contributed by atoms with Crippen molar-refractivity contribution in [3.63, 3.8) is 0 Å². The van der Waals surface area contributed by atoms with Crippen LogP contribution in [0.25, 0.3) is 0 Å². The highest BCUT2D eigenvalue weighted by molar-refractivity contribution is 9.10. The molecule has 0 aliphatic heterocycles. The molecule has 1 aliphatic carbocycles. The first-order chi connectivity index (χ1) is 7.08. The third-order valence-corrected chi connectivity index (χ3v) is 3.69. The molecule has 0 bridgehead atoms. The molecule has 15 heavy (non-hydrogen) atoms. The molecule has 1 aliphatic rings. The number of rotatable bonds is 3. The average molecular weight is 267 g/mol. The van der Waals surface area contributed by atoms with Crippen molar-refractivity contribution >= 4 is 21.7 Å². The van der Waals surface area contributed by atoms with Crippen LogP contribution in [0.5, 0.6) is 0 Å². The Morgan fingerprint density at radius 2 is 2.20 bits per heavy atom. The lowest BCUT2D eigenvalue weighted by Gasteiger charge is -2.05. The van der Waals surface area contributed by atoms with Crippen molar-refractivity contribution in [2.24, 2.45) is 11.8 Å². The van der Waals surface area contributed by atoms with E-state index in [4.69, 9.17) is 0 Å². The van der Waals surface area contributed by atoms with E-state index in [2.05, 4.69) is 41.9 Å². The van der Waals surface area contributed by atoms with Crippen LogP contribution in [-0.2, 0) is 11.2 Å². The minimum absolute atomic E-state index is 0.336. The molecule has 0 aromatic heterocycles. The largest absolute Gasteiger partial charge is 0.299 e. The van der Waals surface area contributed by atoms with Gasteiger partial charge < -0.3 is 0 Å². The fourth-order valence-electron chi connectivity index (χ4n) is 1.92. The Labute approximate surface area is 99.0 Å². The number of aryl methyl sites for hydroxylation is 1. The van der Waals surface area contributed by atoms with Crippen LogP contribution in [0.4, 0.5) is 0 Å². The van der Waals surface area contributed by atoms with Crippen molar-refractivity contribution in [3.8, 4) is 0 Å². The van der Waals surface area contributed by atoms with E-state index >= 15 is 0 Å². The van der Waals surface area contributed by atoms with Gasteiger partial charge in [0.1, 0.15) is 5.78 Å². The van der Waals surface area contributed by atoms with Crippen LogP contribution in [0.3, 0.4) is 0 Å². The Balaban J connectivity index is 2.10. The van der Waals surface area contributed by atoms with Crippen molar-refractivity contribution < 1.29 is 4.79 Å². The van der Waals surface area contributed by atoms with E-state index in [9.17, 15) is 4.79 Å². The van der Waals surface area contributed by atoms with Gasteiger partial charge in [0.25, 0.3) is 0 Å². The molecule has 0 amide bonds. The third-order valence-electron chi connectivity index (χ3n) is 3.20. The summed E-state index contributed by atoms with van der Waals surface area (Å²) in [5.74, 6) is 1.36. The molecule has 80 valence electrons. The van der Waals surface area contributed by atoms with Gasteiger partial charge in [0, 0.05) is 16.8 Å². The lowest BCUT2D eigenvalue weighted by Crippen LogP contribution is -2.07. The van der Waals surface area contributed by atoms with Gasteiger partial charge in [-0.25, -0.2) is 0 Å². The molecule has 2 heteroatoms. The fourth-order valence-corrected chi connectivity index (χ4v) is 2.33. The number of carbonyl (C=O) groups is 1. The second-order valence-electron chi connectivity index (χ2n) is 4.53. The smallest absolute Gasteiger partial charge is 0.140 e. The molecule has 0 saturated heterocycles. The Morgan fingerprint density at radius 3 is 2.80 bits per heavy atom. The molecule has 1 nitrogen and oxygen atoms in total. The minimum Gasteiger partial charge on any atom is -0.299 e. The van der Waals surface area contributed by atoms with Gasteiger partial charge in [-0.15, -0.1) is 0 Å². The topological polar surface area (TPSA) is 17.1 Å². The van der Waals surface area contributed by atoms with Crippen molar-refractivity contribution in [2.75, 3.05) is 0 Å². The van der Waals surface area contributed by atoms with E-state index in [0.717, 1.165) is 16.5 Å². The lowest BCUT2D eigenvalue weighted by molar-refractivity contribution is -0.119. The maximum absolute atomic E-state index is 11.8. The molecule has 0 N–H and O–H groups in total. The maximum Gasteiger partial charge on any atom is 0.140 e. The minimum atomic E-state index is 0.336. The summed E-state index contributed by atoms with van der Waals surface area (Å²) in [4.78, 5) is 11.8. The van der Waals surface area contributed by atoms with E-state index in [1.54, 1.807) is 0 Å². The molecule has 2 atom stereocenters. The first-order valence-corrected chi connectivity index (χ1v) is 6.15. The average Bonchev–Trinajstić information content (AvgIpc) is 2.89. The second-order valence-corrected chi connectivity index (χ2v) is 5.45. The highest BCUT2D eigenvalue weighted by Crippen LogP contribution is 2.39. The van der Waals surface area contributed by atoms with Crippen LogP contribution < -0.4 is 0 Å². The molecule has 2 rings (SSSR count). The number of ketones is 1. The second kappa shape index (κ2) is 4.09. The van der Waals surface area contributed by atoms with Crippen LogP contribution >= 0.6 is 15.9 Å². The van der Waals surface area contributed by atoms with Gasteiger partial charge in [-0.3, -0.25) is 4.79 Å². The Hall–Kier alpha value is -0.630. The molecule has 0 radical (unpaired) electrons. The van der Waals surface area contributed by atoms with Crippen LogP contribution in [0.1, 0.15) is 24.5 Å². The van der Waals surface area contributed by atoms with Crippen LogP contribution in [0, 0.1) is 18.8 Å². The zero-order valence-electron chi connectivity index (χ0n) is 9.09. The number of Topliss-reactive ketones (excluding diaryl/α,β-unsaturated/α-hetero) is 1. The maximum atomic E-state index is 11.8. The van der Waals surface area contributed by atoms with E-state index in [1.807, 2.05) is 6.07 Å². The first kappa shape index (κ1) is 10.9. The van der Waals surface area contributed by atoms with Gasteiger partial charge in [-0.05, 0) is 42.5 Å². The summed E-state index contributed by atoms with van der Waals surface area (Å²) in [5.41, 5.74) is 2.37. The summed E-state index contributed by atoms with van der Waals surface area (Å²) in [6.45, 7) is 4.21. The zero-order valence-corrected chi connectivity index (χ0v) is 10.7. The molecule has 0 spiro atoms. The van der Waals surface area contributed by atoms with E-state index in [-0.39, 0.29) is 0 Å². The van der Waals surface area contributed by atoms with Crippen LogP contribution in [0.2, 0.25) is 0 Å². The standard InChI is InChI=1S/C13H15BrO/c1-8-3-4-11(14)6-10(8)7-13(15)12-5-9(12)2/h3-4,6,9,12H,5,7H2,1-2H3. The van der Waals surface area contributed by atoms with Gasteiger partial charge in [-0.2, -0.15) is 0 Å². The third kappa shape index (κ3) is 2.49. The molecular weight excluding hydrogens is 252 g/mol. The summed E-state index contributed by atoms with van der Waals surface area (Å²) in [6, 6.07) is 6.13. The Kier molecular flexibility index (Phi) is 2.96. The number of benzene rings is 1. The van der Waals surface area contributed by atoms with Crippen molar-refractivity contribution in [3.05, 3.63) is 33.8 Å². The SMILES string of the molecule is Cc1ccc(Br)cc1CC(=O)C1CC1C. The van der Waals surface area contributed by atoms with Crippen molar-refractivity contribution in [1.29, 1.82) is 0 Å². The molecule has 2 unspecified atom stereocenters. The van der Waals surface area contributed by atoms with Gasteiger partial charge in [0.15, 0.2) is 0 Å². The molecule has 1 aromatic rings. The van der Waals surface area contributed by atoms with E-state index in [1.165, 1.54) is 5.56 Å². The van der Waals surface area contributed by atoms with Crippen molar-refractivity contribution in [2.45, 2.75) is 26.7 Å². The highest BCUT2D eigenvalue weighted by Gasteiger charge is 2.38. The van der Waals surface area contributed by atoms with Gasteiger partial charge in [-0.1, -0.05) is 28.9 Å². The molecule has 0 heterocycles. The zero-order chi connectivity index (χ0) is 11.0. The van der Waals surface area contributed by atoms with E-state index < -0.39 is 0 Å². The number of halogens is 1. The van der Waals surface area contributed by atoms with Gasteiger partial charge in [0.05, 0.1) is 0 Å². The monoisotopic (exact) mass is 266 g/mol. The van der Waals surface area contributed by atoms with Crippen LogP contribution in [-0.4, -0.2) is 5.78 Å². The van der Waals surface area contributed by atoms with Crippen molar-refractivity contribution in [1.82, 2.24) is 0 Å². The predicted molar refractivity (Wildman–Crippen MR) is 64.9 cm³/mol. The predicted octanol–water partition coefficient (Wildman–Crippen LogP) is 3.53. The highest BCUT2D eigenvalue weighted by atomic mass is 79.9. The number of hydrogen-bond acceptors (Lipinski definition) is 1.